The average Bonchev–Trinajstić information content (AvgIpc) is 2.62. The highest BCUT2D eigenvalue weighted by atomic mass is 16.5. The monoisotopic (exact) mass is 341 g/mol. The number of rotatable bonds is 5. The topological polar surface area (TPSA) is 96.5 Å². The van der Waals surface area contributed by atoms with Gasteiger partial charge in [0.1, 0.15) is 0 Å². The first-order valence-corrected chi connectivity index (χ1v) is 7.68. The summed E-state index contributed by atoms with van der Waals surface area (Å²) in [6.07, 6.45) is -0.298. The zero-order valence-corrected chi connectivity index (χ0v) is 14.0. The highest BCUT2D eigenvalue weighted by Crippen LogP contribution is 2.20. The summed E-state index contributed by atoms with van der Waals surface area (Å²) in [5, 5.41) is 7.96. The lowest BCUT2D eigenvalue weighted by atomic mass is 10.1. The van der Waals surface area contributed by atoms with Gasteiger partial charge in [-0.1, -0.05) is 25.1 Å². The van der Waals surface area contributed by atoms with Crippen molar-refractivity contribution < 1.29 is 19.1 Å². The van der Waals surface area contributed by atoms with Gasteiger partial charge in [-0.25, -0.2) is 4.79 Å². The summed E-state index contributed by atoms with van der Waals surface area (Å²) in [6, 6.07) is 13.4. The van der Waals surface area contributed by atoms with Gasteiger partial charge in [0.15, 0.2) is 0 Å². The molecule has 2 rings (SSSR count). The first-order valence-electron chi connectivity index (χ1n) is 7.68. The molecule has 0 aromatic heterocycles. The van der Waals surface area contributed by atoms with Crippen LogP contribution in [0, 0.1) is 0 Å². The molecule has 3 amide bonds. The molecule has 7 heteroatoms. The molecule has 0 spiro atoms. The Morgan fingerprint density at radius 3 is 2.28 bits per heavy atom. The van der Waals surface area contributed by atoms with Gasteiger partial charge in [0.25, 0.3) is 5.91 Å². The molecule has 0 heterocycles. The van der Waals surface area contributed by atoms with E-state index in [0.717, 1.165) is 0 Å². The molecule has 3 N–H and O–H groups in total. The highest BCUT2D eigenvalue weighted by molar-refractivity contribution is 6.09. The molecule has 0 radical (unpaired) electrons. The quantitative estimate of drug-likeness (QED) is 0.776. The van der Waals surface area contributed by atoms with E-state index in [4.69, 9.17) is 0 Å². The smallest absolute Gasteiger partial charge is 0.411 e. The van der Waals surface area contributed by atoms with Gasteiger partial charge in [0.2, 0.25) is 5.91 Å². The van der Waals surface area contributed by atoms with Crippen LogP contribution in [0.2, 0.25) is 0 Å². The van der Waals surface area contributed by atoms with Crippen LogP contribution in [0.1, 0.15) is 23.7 Å². The standard InChI is InChI=1S/C18H19N3O4/c1-3-16(22)19-12-7-6-8-13(11-12)20-17(23)14-9-4-5-10-15(14)21-18(24)25-2/h4-11H,3H2,1-2H3,(H,19,22)(H,20,23)(H,21,24). The van der Waals surface area contributed by atoms with E-state index < -0.39 is 12.0 Å². The number of hydrogen-bond donors (Lipinski definition) is 3. The number of amides is 3. The van der Waals surface area contributed by atoms with Crippen LogP contribution in [0.4, 0.5) is 21.9 Å². The van der Waals surface area contributed by atoms with Crippen molar-refractivity contribution in [3.63, 3.8) is 0 Å². The number of benzene rings is 2. The number of methoxy groups -OCH3 is 1. The van der Waals surface area contributed by atoms with Crippen LogP contribution in [0.15, 0.2) is 48.5 Å². The summed E-state index contributed by atoms with van der Waals surface area (Å²) >= 11 is 0. The van der Waals surface area contributed by atoms with E-state index >= 15 is 0 Å². The second kappa shape index (κ2) is 8.49. The molecule has 0 aliphatic heterocycles. The third-order valence-corrected chi connectivity index (χ3v) is 3.32. The normalized spacial score (nSPS) is 9.84. The van der Waals surface area contributed by atoms with Gasteiger partial charge in [-0.3, -0.25) is 14.9 Å². The fraction of sp³-hybridized carbons (Fsp3) is 0.167. The minimum absolute atomic E-state index is 0.115. The van der Waals surface area contributed by atoms with Crippen LogP contribution < -0.4 is 16.0 Å². The van der Waals surface area contributed by atoms with Crippen molar-refractivity contribution in [1.82, 2.24) is 0 Å². The lowest BCUT2D eigenvalue weighted by Crippen LogP contribution is -2.18. The Balaban J connectivity index is 2.16. The number of ether oxygens (including phenoxy) is 1. The Labute approximate surface area is 145 Å². The Morgan fingerprint density at radius 1 is 0.920 bits per heavy atom. The maximum Gasteiger partial charge on any atom is 0.411 e. The number of anilines is 3. The molecule has 0 fully saturated rings. The minimum atomic E-state index is -0.662. The van der Waals surface area contributed by atoms with E-state index in [1.807, 2.05) is 0 Å². The van der Waals surface area contributed by atoms with Crippen molar-refractivity contribution >= 4 is 35.0 Å². The van der Waals surface area contributed by atoms with Crippen molar-refractivity contribution in [2.24, 2.45) is 0 Å². The lowest BCUT2D eigenvalue weighted by molar-refractivity contribution is -0.115. The maximum atomic E-state index is 12.5. The molecular formula is C18H19N3O4. The Morgan fingerprint density at radius 2 is 1.60 bits per heavy atom. The molecule has 0 atom stereocenters. The van der Waals surface area contributed by atoms with E-state index in [9.17, 15) is 14.4 Å². The minimum Gasteiger partial charge on any atom is -0.453 e. The van der Waals surface area contributed by atoms with Crippen LogP contribution in [0.5, 0.6) is 0 Å². The Kier molecular flexibility index (Phi) is 6.11. The third kappa shape index (κ3) is 5.07. The number of nitrogens with one attached hydrogen (secondary N) is 3. The summed E-state index contributed by atoms with van der Waals surface area (Å²) < 4.78 is 4.55. The summed E-state index contributed by atoms with van der Waals surface area (Å²) in [4.78, 5) is 35.4. The molecule has 0 unspecified atom stereocenters. The molecule has 7 nitrogen and oxygen atoms in total. The Hall–Kier alpha value is -3.35. The summed E-state index contributed by atoms with van der Waals surface area (Å²) in [5.74, 6) is -0.512. The molecule has 0 saturated carbocycles. The number of carbonyl (C=O) groups is 3. The predicted octanol–water partition coefficient (Wildman–Crippen LogP) is 3.47. The first-order chi connectivity index (χ1) is 12.0. The van der Waals surface area contributed by atoms with Crippen LogP contribution in [0.3, 0.4) is 0 Å². The number of carbonyl (C=O) groups excluding carboxylic acids is 3. The molecule has 0 aliphatic rings. The van der Waals surface area contributed by atoms with Crippen LogP contribution in [-0.2, 0) is 9.53 Å². The van der Waals surface area contributed by atoms with Crippen molar-refractivity contribution in [3.05, 3.63) is 54.1 Å². The molecule has 2 aromatic rings. The molecule has 2 aromatic carbocycles. The molecular weight excluding hydrogens is 322 g/mol. The van der Waals surface area contributed by atoms with Gasteiger partial charge in [-0.2, -0.15) is 0 Å². The zero-order valence-electron chi connectivity index (χ0n) is 14.0. The zero-order chi connectivity index (χ0) is 18.2. The van der Waals surface area contributed by atoms with Crippen molar-refractivity contribution in [3.8, 4) is 0 Å². The summed E-state index contributed by atoms with van der Waals surface area (Å²) in [6.45, 7) is 1.76. The van der Waals surface area contributed by atoms with E-state index in [1.165, 1.54) is 7.11 Å². The molecule has 25 heavy (non-hydrogen) atoms. The van der Waals surface area contributed by atoms with Gasteiger partial charge < -0.3 is 15.4 Å². The Bertz CT molecular complexity index is 789. The molecule has 0 saturated heterocycles. The maximum absolute atomic E-state index is 12.5. The summed E-state index contributed by atoms with van der Waals surface area (Å²) in [7, 11) is 1.24. The van der Waals surface area contributed by atoms with Gasteiger partial charge in [0, 0.05) is 17.8 Å². The third-order valence-electron chi connectivity index (χ3n) is 3.32. The highest BCUT2D eigenvalue weighted by Gasteiger charge is 2.13. The van der Waals surface area contributed by atoms with Gasteiger partial charge in [0.05, 0.1) is 18.4 Å². The fourth-order valence-corrected chi connectivity index (χ4v) is 2.07. The lowest BCUT2D eigenvalue weighted by Gasteiger charge is -2.11. The number of para-hydroxylation sites is 1. The predicted molar refractivity (Wildman–Crippen MR) is 95.8 cm³/mol. The van der Waals surface area contributed by atoms with Gasteiger partial charge >= 0.3 is 6.09 Å². The fourth-order valence-electron chi connectivity index (χ4n) is 2.07. The van der Waals surface area contributed by atoms with Crippen molar-refractivity contribution in [2.75, 3.05) is 23.1 Å². The van der Waals surface area contributed by atoms with Crippen LogP contribution in [-0.4, -0.2) is 25.0 Å². The van der Waals surface area contributed by atoms with Gasteiger partial charge in [-0.15, -0.1) is 0 Å². The second-order valence-corrected chi connectivity index (χ2v) is 5.10. The second-order valence-electron chi connectivity index (χ2n) is 5.10. The molecule has 0 aliphatic carbocycles. The van der Waals surface area contributed by atoms with Gasteiger partial charge in [-0.05, 0) is 30.3 Å². The van der Waals surface area contributed by atoms with Crippen molar-refractivity contribution in [1.29, 1.82) is 0 Å². The largest absolute Gasteiger partial charge is 0.453 e. The van der Waals surface area contributed by atoms with E-state index in [-0.39, 0.29) is 11.5 Å². The molecule has 130 valence electrons. The SMILES string of the molecule is CCC(=O)Nc1cccc(NC(=O)c2ccccc2NC(=O)OC)c1. The average molecular weight is 341 g/mol. The number of hydrogen-bond acceptors (Lipinski definition) is 4. The van der Waals surface area contributed by atoms with Crippen molar-refractivity contribution in [2.45, 2.75) is 13.3 Å². The van der Waals surface area contributed by atoms with Crippen LogP contribution in [0.25, 0.3) is 0 Å². The van der Waals surface area contributed by atoms with E-state index in [1.54, 1.807) is 55.5 Å². The van der Waals surface area contributed by atoms with Crippen LogP contribution >= 0.6 is 0 Å². The van der Waals surface area contributed by atoms with E-state index in [0.29, 0.717) is 23.5 Å². The molecule has 0 bridgehead atoms. The summed E-state index contributed by atoms with van der Waals surface area (Å²) in [5.41, 5.74) is 1.73. The van der Waals surface area contributed by atoms with E-state index in [2.05, 4.69) is 20.7 Å². The first kappa shape index (κ1) is 18.0.